The van der Waals surface area contributed by atoms with Gasteiger partial charge in [-0.05, 0) is 73.7 Å². The highest BCUT2D eigenvalue weighted by Crippen LogP contribution is 2.31. The van der Waals surface area contributed by atoms with E-state index in [9.17, 15) is 26.7 Å². The maximum atomic E-state index is 13.5. The van der Waals surface area contributed by atoms with Gasteiger partial charge < -0.3 is 19.5 Å². The number of hydrogen-bond donors (Lipinski definition) is 2. The summed E-state index contributed by atoms with van der Waals surface area (Å²) in [5.41, 5.74) is 0.617. The van der Waals surface area contributed by atoms with E-state index in [-0.39, 0.29) is 53.4 Å². The number of nitrogens with zero attached hydrogens (tertiary/aromatic N) is 2. The van der Waals surface area contributed by atoms with Crippen molar-refractivity contribution in [3.05, 3.63) is 77.3 Å². The van der Waals surface area contributed by atoms with Crippen LogP contribution in [0, 0.1) is 5.92 Å². The minimum atomic E-state index is -3.97. The van der Waals surface area contributed by atoms with Gasteiger partial charge in [0.1, 0.15) is 17.6 Å². The van der Waals surface area contributed by atoms with Crippen molar-refractivity contribution in [2.24, 2.45) is 5.92 Å². The SMILES string of the molecule is COc1ccc(S(=O)(=O)Nc2ccc3c(c2)CC(=O)N([C@H](C)CO)C[C@H](C)[C@@H](CN(C)S(=O)(=O)c2ccc(Cl)cc2)O3)cc1. The van der Waals surface area contributed by atoms with Gasteiger partial charge in [0.25, 0.3) is 10.0 Å². The van der Waals surface area contributed by atoms with E-state index in [0.717, 1.165) is 0 Å². The average Bonchev–Trinajstić information content (AvgIpc) is 3.04. The van der Waals surface area contributed by atoms with Crippen LogP contribution < -0.4 is 14.2 Å². The van der Waals surface area contributed by atoms with Crippen LogP contribution in [0.4, 0.5) is 5.69 Å². The number of rotatable bonds is 10. The molecule has 0 aliphatic carbocycles. The van der Waals surface area contributed by atoms with Crippen molar-refractivity contribution in [1.82, 2.24) is 9.21 Å². The molecule has 0 fully saturated rings. The average molecular weight is 666 g/mol. The Morgan fingerprint density at radius 1 is 1.07 bits per heavy atom. The van der Waals surface area contributed by atoms with Crippen LogP contribution in [0.15, 0.2) is 76.5 Å². The van der Waals surface area contributed by atoms with Crippen LogP contribution in [-0.2, 0) is 31.3 Å². The first-order valence-electron chi connectivity index (χ1n) is 13.8. The fraction of sp³-hybridized carbons (Fsp3) is 0.367. The van der Waals surface area contributed by atoms with Crippen molar-refractivity contribution in [2.75, 3.05) is 38.6 Å². The highest BCUT2D eigenvalue weighted by Gasteiger charge is 2.33. The van der Waals surface area contributed by atoms with Crippen LogP contribution in [0.1, 0.15) is 19.4 Å². The second kappa shape index (κ2) is 13.7. The van der Waals surface area contributed by atoms with Gasteiger partial charge in [-0.2, -0.15) is 4.31 Å². The Balaban J connectivity index is 1.67. The van der Waals surface area contributed by atoms with Gasteiger partial charge in [0.05, 0.1) is 42.5 Å². The van der Waals surface area contributed by atoms with Crippen LogP contribution in [0.3, 0.4) is 0 Å². The Morgan fingerprint density at radius 3 is 2.32 bits per heavy atom. The molecule has 1 aliphatic rings. The molecule has 44 heavy (non-hydrogen) atoms. The number of anilines is 1. The first-order valence-corrected chi connectivity index (χ1v) is 17.1. The quantitative estimate of drug-likeness (QED) is 0.335. The van der Waals surface area contributed by atoms with Crippen LogP contribution in [0.2, 0.25) is 5.02 Å². The van der Waals surface area contributed by atoms with Crippen LogP contribution in [-0.4, -0.2) is 83.1 Å². The largest absolute Gasteiger partial charge is 0.497 e. The zero-order valence-electron chi connectivity index (χ0n) is 24.8. The number of aliphatic hydroxyl groups excluding tert-OH is 1. The molecule has 0 bridgehead atoms. The molecular weight excluding hydrogens is 630 g/mol. The van der Waals surface area contributed by atoms with Gasteiger partial charge in [0.2, 0.25) is 15.9 Å². The molecule has 11 nitrogen and oxygen atoms in total. The van der Waals surface area contributed by atoms with Gasteiger partial charge in [-0.3, -0.25) is 9.52 Å². The lowest BCUT2D eigenvalue weighted by Crippen LogP contribution is -2.48. The van der Waals surface area contributed by atoms with E-state index in [1.807, 2.05) is 6.92 Å². The number of amides is 1. The van der Waals surface area contributed by atoms with Gasteiger partial charge >= 0.3 is 0 Å². The van der Waals surface area contributed by atoms with Crippen molar-refractivity contribution >= 4 is 43.2 Å². The Morgan fingerprint density at radius 2 is 1.70 bits per heavy atom. The van der Waals surface area contributed by atoms with Gasteiger partial charge in [-0.15, -0.1) is 0 Å². The number of halogens is 1. The third kappa shape index (κ3) is 7.64. The fourth-order valence-electron chi connectivity index (χ4n) is 4.82. The predicted octanol–water partition coefficient (Wildman–Crippen LogP) is 3.62. The molecule has 14 heteroatoms. The van der Waals surface area contributed by atoms with Gasteiger partial charge in [0.15, 0.2) is 0 Å². The zero-order valence-corrected chi connectivity index (χ0v) is 27.2. The Labute approximate surface area is 263 Å². The number of methoxy groups -OCH3 is 1. The summed E-state index contributed by atoms with van der Waals surface area (Å²) in [6.45, 7) is 3.44. The summed E-state index contributed by atoms with van der Waals surface area (Å²) in [4.78, 5) is 15.1. The molecule has 3 aromatic carbocycles. The zero-order chi connectivity index (χ0) is 32.2. The molecule has 3 atom stereocenters. The monoisotopic (exact) mass is 665 g/mol. The fourth-order valence-corrected chi connectivity index (χ4v) is 7.18. The number of hydrogen-bond acceptors (Lipinski definition) is 8. The third-order valence-corrected chi connectivity index (χ3v) is 11.0. The van der Waals surface area contributed by atoms with E-state index in [4.69, 9.17) is 21.1 Å². The summed E-state index contributed by atoms with van der Waals surface area (Å²) in [7, 11) is -4.94. The van der Waals surface area contributed by atoms with Gasteiger partial charge in [0, 0.05) is 35.8 Å². The number of aliphatic hydroxyl groups is 1. The number of likely N-dealkylation sites (N-methyl/N-ethyl adjacent to an activating group) is 1. The molecule has 1 amide bonds. The molecule has 0 saturated carbocycles. The van der Waals surface area contributed by atoms with Crippen molar-refractivity contribution in [3.63, 3.8) is 0 Å². The molecule has 3 aromatic rings. The van der Waals surface area contributed by atoms with E-state index in [1.165, 1.54) is 84.0 Å². The number of nitrogens with one attached hydrogen (secondary N) is 1. The number of carbonyl (C=O) groups excluding carboxylic acids is 1. The second-order valence-corrected chi connectivity index (χ2v) is 14.9. The first kappa shape index (κ1) is 33.5. The number of carbonyl (C=O) groups is 1. The van der Waals surface area contributed by atoms with Gasteiger partial charge in [-0.25, -0.2) is 16.8 Å². The van der Waals surface area contributed by atoms with Gasteiger partial charge in [-0.1, -0.05) is 18.5 Å². The molecule has 1 heterocycles. The maximum absolute atomic E-state index is 13.5. The van der Waals surface area contributed by atoms with Crippen molar-refractivity contribution in [3.8, 4) is 11.5 Å². The minimum Gasteiger partial charge on any atom is -0.497 e. The molecule has 4 rings (SSSR count). The number of ether oxygens (including phenoxy) is 2. The van der Waals surface area contributed by atoms with Crippen LogP contribution in [0.5, 0.6) is 11.5 Å². The molecule has 0 saturated heterocycles. The summed E-state index contributed by atoms with van der Waals surface area (Å²) < 4.78 is 68.1. The van der Waals surface area contributed by atoms with Crippen molar-refractivity contribution in [1.29, 1.82) is 0 Å². The van der Waals surface area contributed by atoms with Crippen molar-refractivity contribution in [2.45, 2.75) is 42.2 Å². The molecule has 238 valence electrons. The first-order chi connectivity index (χ1) is 20.7. The molecule has 2 N–H and O–H groups in total. The van der Waals surface area contributed by atoms with E-state index >= 15 is 0 Å². The number of benzene rings is 3. The number of fused-ring (bicyclic) bond motifs is 1. The molecule has 1 aliphatic heterocycles. The summed E-state index contributed by atoms with van der Waals surface area (Å²) in [5, 5.41) is 10.3. The van der Waals surface area contributed by atoms with E-state index in [0.29, 0.717) is 22.1 Å². The summed E-state index contributed by atoms with van der Waals surface area (Å²) in [6, 6.07) is 15.8. The minimum absolute atomic E-state index is 0.0240. The lowest BCUT2D eigenvalue weighted by molar-refractivity contribution is -0.134. The molecule has 0 aromatic heterocycles. The predicted molar refractivity (Wildman–Crippen MR) is 167 cm³/mol. The highest BCUT2D eigenvalue weighted by atomic mass is 35.5. The van der Waals surface area contributed by atoms with Crippen molar-refractivity contribution < 1.29 is 36.2 Å². The van der Waals surface area contributed by atoms with Crippen LogP contribution >= 0.6 is 11.6 Å². The normalized spacial score (nSPS) is 18.4. The third-order valence-electron chi connectivity index (χ3n) is 7.50. The summed E-state index contributed by atoms with van der Waals surface area (Å²) in [5.74, 6) is 0.184. The Bertz CT molecular complexity index is 1680. The second-order valence-electron chi connectivity index (χ2n) is 10.7. The Hall–Kier alpha value is -3.36. The van der Waals surface area contributed by atoms with E-state index < -0.39 is 32.2 Å². The smallest absolute Gasteiger partial charge is 0.261 e. The lowest BCUT2D eigenvalue weighted by atomic mass is 10.0. The summed E-state index contributed by atoms with van der Waals surface area (Å²) in [6.07, 6.45) is -0.835. The highest BCUT2D eigenvalue weighted by molar-refractivity contribution is 7.92. The topological polar surface area (TPSA) is 143 Å². The standard InChI is InChI=1S/C30H36ClN3O8S2/c1-20-17-34(21(2)19-35)30(36)16-22-15-24(32-43(37,38)26-12-8-25(41-4)9-13-26)7-14-28(22)42-29(20)18-33(3)44(39,40)27-10-5-23(31)6-11-27/h5-15,20-21,29,32,35H,16-19H2,1-4H3/t20-,21+,29+/m0/s1. The summed E-state index contributed by atoms with van der Waals surface area (Å²) >= 11 is 5.94. The molecular formula is C30H36ClN3O8S2. The molecule has 0 radical (unpaired) electrons. The molecule has 0 unspecified atom stereocenters. The lowest BCUT2D eigenvalue weighted by Gasteiger charge is -2.33. The number of sulfonamides is 2. The Kier molecular flexibility index (Phi) is 10.5. The van der Waals surface area contributed by atoms with Crippen LogP contribution in [0.25, 0.3) is 0 Å². The van der Waals surface area contributed by atoms with E-state index in [2.05, 4.69) is 4.72 Å². The molecule has 0 spiro atoms. The van der Waals surface area contributed by atoms with E-state index in [1.54, 1.807) is 13.0 Å². The maximum Gasteiger partial charge on any atom is 0.261 e.